The predicted octanol–water partition coefficient (Wildman–Crippen LogP) is 3.20. The third kappa shape index (κ3) is 6.06. The van der Waals surface area contributed by atoms with Gasteiger partial charge < -0.3 is 15.4 Å². The molecule has 0 aliphatic rings. The number of amides is 2. The van der Waals surface area contributed by atoms with Crippen molar-refractivity contribution in [2.24, 2.45) is 0 Å². The second-order valence-electron chi connectivity index (χ2n) is 6.17. The van der Waals surface area contributed by atoms with Crippen LogP contribution in [0.15, 0.2) is 65.4 Å². The van der Waals surface area contributed by atoms with Crippen molar-refractivity contribution in [3.63, 3.8) is 0 Å². The Labute approximate surface area is 171 Å². The highest BCUT2D eigenvalue weighted by molar-refractivity contribution is 9.10. The molecule has 2 aromatic carbocycles. The first kappa shape index (κ1) is 19.8. The molecule has 144 valence electrons. The molecule has 0 saturated carbocycles. The number of carbonyl (C=O) groups excluding carboxylic acids is 2. The molecule has 2 N–H and O–H groups in total. The van der Waals surface area contributed by atoms with Gasteiger partial charge in [0.15, 0.2) is 6.61 Å². The van der Waals surface area contributed by atoms with Crippen LogP contribution < -0.4 is 15.4 Å². The highest BCUT2D eigenvalue weighted by Gasteiger charge is 2.06. The summed E-state index contributed by atoms with van der Waals surface area (Å²) >= 11 is 3.44. The largest absolute Gasteiger partial charge is 0.484 e. The van der Waals surface area contributed by atoms with Gasteiger partial charge in [0.1, 0.15) is 5.75 Å². The second-order valence-corrected chi connectivity index (χ2v) is 7.09. The second kappa shape index (κ2) is 9.85. The van der Waals surface area contributed by atoms with E-state index in [2.05, 4.69) is 31.5 Å². The van der Waals surface area contributed by atoms with Crippen LogP contribution in [0, 0.1) is 0 Å². The van der Waals surface area contributed by atoms with Gasteiger partial charge in [0.2, 0.25) is 5.91 Å². The Morgan fingerprint density at radius 1 is 0.929 bits per heavy atom. The molecule has 0 bridgehead atoms. The summed E-state index contributed by atoms with van der Waals surface area (Å²) in [6.07, 6.45) is 3.56. The third-order valence-electron chi connectivity index (χ3n) is 4.06. The Kier molecular flexibility index (Phi) is 6.97. The minimum absolute atomic E-state index is 0.0966. The summed E-state index contributed by atoms with van der Waals surface area (Å²) in [5.74, 6) is 0.233. The fraction of sp³-hybridized carbons (Fsp3) is 0.190. The first-order valence-corrected chi connectivity index (χ1v) is 9.64. The average molecular weight is 442 g/mol. The maximum Gasteiger partial charge on any atom is 0.257 e. The van der Waals surface area contributed by atoms with E-state index >= 15 is 0 Å². The lowest BCUT2D eigenvalue weighted by Crippen LogP contribution is -2.33. The van der Waals surface area contributed by atoms with Crippen molar-refractivity contribution >= 4 is 38.5 Å². The lowest BCUT2D eigenvalue weighted by molar-refractivity contribution is -0.123. The van der Waals surface area contributed by atoms with Gasteiger partial charge in [-0.2, -0.15) is 0 Å². The molecule has 0 saturated heterocycles. The standard InChI is InChI=1S/C21H20BrN3O3/c22-18-3-1-17-12-19(4-2-16(17)11-18)28-14-21(27)24-10-7-20(26)25-13-15-5-8-23-9-6-15/h1-6,8-9,11-12H,7,10,13-14H2,(H,24,27)(H,25,26). The number of rotatable bonds is 8. The first-order chi connectivity index (χ1) is 13.6. The minimum atomic E-state index is -0.266. The van der Waals surface area contributed by atoms with Gasteiger partial charge in [-0.05, 0) is 52.7 Å². The number of hydrogen-bond acceptors (Lipinski definition) is 4. The van der Waals surface area contributed by atoms with Crippen LogP contribution in [-0.4, -0.2) is 29.9 Å². The van der Waals surface area contributed by atoms with E-state index in [1.54, 1.807) is 12.4 Å². The van der Waals surface area contributed by atoms with Crippen molar-refractivity contribution < 1.29 is 14.3 Å². The number of benzene rings is 2. The van der Waals surface area contributed by atoms with E-state index in [0.717, 1.165) is 20.8 Å². The molecule has 6 nitrogen and oxygen atoms in total. The number of nitrogens with one attached hydrogen (secondary N) is 2. The summed E-state index contributed by atoms with van der Waals surface area (Å²) < 4.78 is 6.55. The smallest absolute Gasteiger partial charge is 0.257 e. The minimum Gasteiger partial charge on any atom is -0.484 e. The van der Waals surface area contributed by atoms with E-state index in [-0.39, 0.29) is 31.4 Å². The Bertz CT molecular complexity index is 964. The molecular formula is C21H20BrN3O3. The van der Waals surface area contributed by atoms with Crippen LogP contribution in [0.5, 0.6) is 5.75 Å². The average Bonchev–Trinajstić information content (AvgIpc) is 2.71. The van der Waals surface area contributed by atoms with Crippen molar-refractivity contribution in [3.8, 4) is 5.75 Å². The van der Waals surface area contributed by atoms with E-state index in [1.165, 1.54) is 0 Å². The van der Waals surface area contributed by atoms with E-state index in [4.69, 9.17) is 4.74 Å². The number of nitrogens with zero attached hydrogens (tertiary/aromatic N) is 1. The normalized spacial score (nSPS) is 10.5. The molecule has 0 aliphatic carbocycles. The number of carbonyl (C=O) groups is 2. The summed E-state index contributed by atoms with van der Waals surface area (Å²) in [6.45, 7) is 0.605. The Morgan fingerprint density at radius 2 is 1.68 bits per heavy atom. The Balaban J connectivity index is 1.36. The molecular weight excluding hydrogens is 422 g/mol. The van der Waals surface area contributed by atoms with Gasteiger partial charge in [-0.15, -0.1) is 0 Å². The molecule has 0 unspecified atom stereocenters. The van der Waals surface area contributed by atoms with E-state index < -0.39 is 0 Å². The van der Waals surface area contributed by atoms with E-state index in [1.807, 2.05) is 48.5 Å². The van der Waals surface area contributed by atoms with Gasteiger partial charge in [-0.25, -0.2) is 0 Å². The van der Waals surface area contributed by atoms with Crippen molar-refractivity contribution in [2.75, 3.05) is 13.2 Å². The molecule has 1 heterocycles. The third-order valence-corrected chi connectivity index (χ3v) is 4.55. The molecule has 1 aromatic heterocycles. The zero-order valence-corrected chi connectivity index (χ0v) is 16.7. The maximum absolute atomic E-state index is 11.9. The van der Waals surface area contributed by atoms with Gasteiger partial charge in [-0.3, -0.25) is 14.6 Å². The van der Waals surface area contributed by atoms with Gasteiger partial charge in [-0.1, -0.05) is 28.1 Å². The molecule has 3 rings (SSSR count). The number of fused-ring (bicyclic) bond motifs is 1. The van der Waals surface area contributed by atoms with Gasteiger partial charge in [0.05, 0.1) is 0 Å². The van der Waals surface area contributed by atoms with E-state index in [9.17, 15) is 9.59 Å². The topological polar surface area (TPSA) is 80.3 Å². The lowest BCUT2D eigenvalue weighted by Gasteiger charge is -2.09. The molecule has 0 atom stereocenters. The van der Waals surface area contributed by atoms with Crippen LogP contribution in [0.2, 0.25) is 0 Å². The fourth-order valence-corrected chi connectivity index (χ4v) is 2.97. The Hall–Kier alpha value is -2.93. The van der Waals surface area contributed by atoms with Crippen LogP contribution in [0.3, 0.4) is 0 Å². The van der Waals surface area contributed by atoms with Crippen LogP contribution in [-0.2, 0) is 16.1 Å². The molecule has 2 amide bonds. The molecule has 0 spiro atoms. The lowest BCUT2D eigenvalue weighted by atomic mass is 10.1. The zero-order valence-electron chi connectivity index (χ0n) is 15.2. The summed E-state index contributed by atoms with van der Waals surface area (Å²) in [5, 5.41) is 7.61. The van der Waals surface area contributed by atoms with Crippen LogP contribution in [0.1, 0.15) is 12.0 Å². The highest BCUT2D eigenvalue weighted by atomic mass is 79.9. The quantitative estimate of drug-likeness (QED) is 0.562. The van der Waals surface area contributed by atoms with Crippen LogP contribution >= 0.6 is 15.9 Å². The molecule has 0 aliphatic heterocycles. The number of aromatic nitrogens is 1. The van der Waals surface area contributed by atoms with Gasteiger partial charge in [0.25, 0.3) is 5.91 Å². The molecule has 0 fully saturated rings. The molecule has 3 aromatic rings. The van der Waals surface area contributed by atoms with Crippen molar-refractivity contribution in [2.45, 2.75) is 13.0 Å². The zero-order chi connectivity index (χ0) is 19.8. The van der Waals surface area contributed by atoms with Gasteiger partial charge in [0, 0.05) is 36.4 Å². The highest BCUT2D eigenvalue weighted by Crippen LogP contribution is 2.24. The van der Waals surface area contributed by atoms with Crippen molar-refractivity contribution in [3.05, 3.63) is 71.0 Å². The van der Waals surface area contributed by atoms with Crippen molar-refractivity contribution in [1.82, 2.24) is 15.6 Å². The maximum atomic E-state index is 11.9. The molecule has 7 heteroatoms. The van der Waals surface area contributed by atoms with Crippen LogP contribution in [0.4, 0.5) is 0 Å². The fourth-order valence-electron chi connectivity index (χ4n) is 2.59. The summed E-state index contributed by atoms with van der Waals surface area (Å²) in [6, 6.07) is 15.3. The summed E-state index contributed by atoms with van der Waals surface area (Å²) in [4.78, 5) is 27.6. The van der Waals surface area contributed by atoms with Crippen molar-refractivity contribution in [1.29, 1.82) is 0 Å². The molecule has 0 radical (unpaired) electrons. The van der Waals surface area contributed by atoms with E-state index in [0.29, 0.717) is 12.3 Å². The number of halogens is 1. The first-order valence-electron chi connectivity index (χ1n) is 8.84. The van der Waals surface area contributed by atoms with Crippen LogP contribution in [0.25, 0.3) is 10.8 Å². The monoisotopic (exact) mass is 441 g/mol. The summed E-state index contributed by atoms with van der Waals surface area (Å²) in [5.41, 5.74) is 0.975. The summed E-state index contributed by atoms with van der Waals surface area (Å²) in [7, 11) is 0. The van der Waals surface area contributed by atoms with Gasteiger partial charge >= 0.3 is 0 Å². The predicted molar refractivity (Wildman–Crippen MR) is 111 cm³/mol. The number of pyridine rings is 1. The Morgan fingerprint density at radius 3 is 2.50 bits per heavy atom. The molecule has 28 heavy (non-hydrogen) atoms. The number of hydrogen-bond donors (Lipinski definition) is 2. The SMILES string of the molecule is O=C(CCNC(=O)COc1ccc2cc(Br)ccc2c1)NCc1ccncc1. The number of ether oxygens (including phenoxy) is 1.